The van der Waals surface area contributed by atoms with Gasteiger partial charge in [-0.1, -0.05) is 30.3 Å². The maximum absolute atomic E-state index is 12.3. The fourth-order valence-corrected chi connectivity index (χ4v) is 2.35. The van der Waals surface area contributed by atoms with E-state index < -0.39 is 11.7 Å². The van der Waals surface area contributed by atoms with E-state index in [4.69, 9.17) is 14.6 Å². The van der Waals surface area contributed by atoms with Gasteiger partial charge in [-0.2, -0.15) is 0 Å². The second-order valence-corrected chi connectivity index (χ2v) is 7.17. The molecule has 2 amide bonds. The Kier molecular flexibility index (Phi) is 10.4. The predicted octanol–water partition coefficient (Wildman–Crippen LogP) is 2.33. The summed E-state index contributed by atoms with van der Waals surface area (Å²) < 4.78 is 10.7. The molecule has 27 heavy (non-hydrogen) atoms. The van der Waals surface area contributed by atoms with Gasteiger partial charge in [0.15, 0.2) is 0 Å². The zero-order chi connectivity index (χ0) is 20.1. The van der Waals surface area contributed by atoms with Gasteiger partial charge < -0.3 is 24.8 Å². The van der Waals surface area contributed by atoms with Crippen molar-refractivity contribution in [2.24, 2.45) is 0 Å². The molecule has 0 aliphatic heterocycles. The van der Waals surface area contributed by atoms with E-state index in [0.29, 0.717) is 26.2 Å². The zero-order valence-corrected chi connectivity index (χ0v) is 16.6. The average molecular weight is 380 g/mol. The van der Waals surface area contributed by atoms with Crippen molar-refractivity contribution in [3.05, 3.63) is 35.9 Å². The van der Waals surface area contributed by atoms with E-state index >= 15 is 0 Å². The van der Waals surface area contributed by atoms with Crippen LogP contribution in [0.3, 0.4) is 0 Å². The van der Waals surface area contributed by atoms with E-state index in [1.165, 1.54) is 0 Å². The topological polar surface area (TPSA) is 88.1 Å². The molecule has 0 unspecified atom stereocenters. The Morgan fingerprint density at radius 2 is 1.85 bits per heavy atom. The Morgan fingerprint density at radius 1 is 1.15 bits per heavy atom. The third-order valence-electron chi connectivity index (χ3n) is 3.56. The van der Waals surface area contributed by atoms with Gasteiger partial charge in [-0.3, -0.25) is 4.79 Å². The summed E-state index contributed by atoms with van der Waals surface area (Å²) in [7, 11) is 0. The number of aliphatic hydroxyl groups is 1. The quantitative estimate of drug-likeness (QED) is 0.575. The van der Waals surface area contributed by atoms with Crippen molar-refractivity contribution in [1.82, 2.24) is 10.2 Å². The van der Waals surface area contributed by atoms with Crippen molar-refractivity contribution < 1.29 is 24.2 Å². The van der Waals surface area contributed by atoms with Gasteiger partial charge in [-0.15, -0.1) is 0 Å². The van der Waals surface area contributed by atoms with Crippen LogP contribution in [0.25, 0.3) is 0 Å². The van der Waals surface area contributed by atoms with Crippen LogP contribution in [0.4, 0.5) is 4.79 Å². The van der Waals surface area contributed by atoms with E-state index in [1.807, 2.05) is 30.3 Å². The number of amides is 2. The summed E-state index contributed by atoms with van der Waals surface area (Å²) in [6, 6.07) is 9.88. The molecule has 0 aromatic heterocycles. The fourth-order valence-electron chi connectivity index (χ4n) is 2.35. The van der Waals surface area contributed by atoms with Crippen LogP contribution in [0.5, 0.6) is 0 Å². The second kappa shape index (κ2) is 12.3. The van der Waals surface area contributed by atoms with Crippen molar-refractivity contribution in [2.75, 3.05) is 32.8 Å². The number of aliphatic hydroxyl groups excluding tert-OH is 1. The largest absolute Gasteiger partial charge is 0.444 e. The lowest BCUT2D eigenvalue weighted by Gasteiger charge is -2.22. The molecule has 1 aromatic rings. The Hall–Kier alpha value is -2.12. The molecular weight excluding hydrogens is 348 g/mol. The van der Waals surface area contributed by atoms with E-state index in [-0.39, 0.29) is 32.0 Å². The number of nitrogens with one attached hydrogen (secondary N) is 1. The lowest BCUT2D eigenvalue weighted by atomic mass is 10.2. The highest BCUT2D eigenvalue weighted by Crippen LogP contribution is 2.06. The molecule has 0 spiro atoms. The molecule has 0 aliphatic rings. The zero-order valence-electron chi connectivity index (χ0n) is 16.6. The molecule has 1 rings (SSSR count). The number of carbonyl (C=O) groups excluding carboxylic acids is 2. The molecule has 1 aromatic carbocycles. The highest BCUT2D eigenvalue weighted by Gasteiger charge is 2.17. The van der Waals surface area contributed by atoms with Crippen LogP contribution in [-0.4, -0.2) is 60.5 Å². The standard InChI is InChI=1S/C20H32N2O5/c1-20(2,3)27-19(25)21-11-10-18(24)22(13-14-23)12-7-15-26-16-17-8-5-4-6-9-17/h4-6,8-9,23H,7,10-16H2,1-3H3,(H,21,25). The highest BCUT2D eigenvalue weighted by atomic mass is 16.6. The van der Waals surface area contributed by atoms with E-state index in [2.05, 4.69) is 5.32 Å². The Bertz CT molecular complexity index is 557. The second-order valence-electron chi connectivity index (χ2n) is 7.17. The predicted molar refractivity (Wildman–Crippen MR) is 103 cm³/mol. The average Bonchev–Trinajstić information content (AvgIpc) is 2.59. The van der Waals surface area contributed by atoms with Crippen molar-refractivity contribution in [3.8, 4) is 0 Å². The number of nitrogens with zero attached hydrogens (tertiary/aromatic N) is 1. The Labute approximate surface area is 161 Å². The minimum atomic E-state index is -0.573. The number of alkyl carbamates (subject to hydrolysis) is 1. The van der Waals surface area contributed by atoms with Gasteiger partial charge in [0.1, 0.15) is 5.60 Å². The van der Waals surface area contributed by atoms with Crippen LogP contribution in [-0.2, 0) is 20.9 Å². The van der Waals surface area contributed by atoms with Crippen LogP contribution < -0.4 is 5.32 Å². The third-order valence-corrected chi connectivity index (χ3v) is 3.56. The highest BCUT2D eigenvalue weighted by molar-refractivity contribution is 5.77. The molecular formula is C20H32N2O5. The number of ether oxygens (including phenoxy) is 2. The van der Waals surface area contributed by atoms with E-state index in [0.717, 1.165) is 5.56 Å². The van der Waals surface area contributed by atoms with Gasteiger partial charge in [-0.25, -0.2) is 4.79 Å². The summed E-state index contributed by atoms with van der Waals surface area (Å²) in [4.78, 5) is 25.4. The summed E-state index contributed by atoms with van der Waals surface area (Å²) in [5, 5.41) is 11.7. The summed E-state index contributed by atoms with van der Waals surface area (Å²) in [6.07, 6.45) is 0.292. The first kappa shape index (κ1) is 22.9. The molecule has 0 aliphatic carbocycles. The maximum Gasteiger partial charge on any atom is 0.407 e. The maximum atomic E-state index is 12.3. The number of hydrogen-bond acceptors (Lipinski definition) is 5. The Balaban J connectivity index is 2.24. The van der Waals surface area contributed by atoms with Crippen LogP contribution in [0, 0.1) is 0 Å². The molecule has 2 N–H and O–H groups in total. The van der Waals surface area contributed by atoms with Gasteiger partial charge in [0.2, 0.25) is 5.91 Å². The van der Waals surface area contributed by atoms with Crippen LogP contribution in [0.2, 0.25) is 0 Å². The monoisotopic (exact) mass is 380 g/mol. The summed E-state index contributed by atoms with van der Waals surface area (Å²) in [5.74, 6) is -0.122. The van der Waals surface area contributed by atoms with Crippen molar-refractivity contribution in [2.45, 2.75) is 45.8 Å². The lowest BCUT2D eigenvalue weighted by molar-refractivity contribution is -0.131. The van der Waals surface area contributed by atoms with Gasteiger partial charge in [0.25, 0.3) is 0 Å². The minimum Gasteiger partial charge on any atom is -0.444 e. The molecule has 0 fully saturated rings. The normalized spacial score (nSPS) is 11.1. The Morgan fingerprint density at radius 3 is 2.48 bits per heavy atom. The van der Waals surface area contributed by atoms with Crippen molar-refractivity contribution in [3.63, 3.8) is 0 Å². The smallest absolute Gasteiger partial charge is 0.407 e. The molecule has 0 bridgehead atoms. The first-order valence-electron chi connectivity index (χ1n) is 9.29. The SMILES string of the molecule is CC(C)(C)OC(=O)NCCC(=O)N(CCO)CCCOCc1ccccc1. The first-order valence-corrected chi connectivity index (χ1v) is 9.29. The summed E-state index contributed by atoms with van der Waals surface area (Å²) >= 11 is 0. The molecule has 0 saturated heterocycles. The first-order chi connectivity index (χ1) is 12.8. The molecule has 152 valence electrons. The van der Waals surface area contributed by atoms with Crippen LogP contribution in [0.15, 0.2) is 30.3 Å². The van der Waals surface area contributed by atoms with Gasteiger partial charge in [0.05, 0.1) is 13.2 Å². The van der Waals surface area contributed by atoms with Gasteiger partial charge >= 0.3 is 6.09 Å². The van der Waals surface area contributed by atoms with E-state index in [1.54, 1.807) is 25.7 Å². The van der Waals surface area contributed by atoms with E-state index in [9.17, 15) is 9.59 Å². The fraction of sp³-hybridized carbons (Fsp3) is 0.600. The lowest BCUT2D eigenvalue weighted by Crippen LogP contribution is -2.38. The summed E-state index contributed by atoms with van der Waals surface area (Å²) in [6.45, 7) is 7.26. The molecule has 7 heteroatoms. The van der Waals surface area contributed by atoms with Crippen LogP contribution in [0.1, 0.15) is 39.2 Å². The molecule has 7 nitrogen and oxygen atoms in total. The molecule has 0 atom stereocenters. The number of hydrogen-bond donors (Lipinski definition) is 2. The molecule has 0 heterocycles. The molecule has 0 radical (unpaired) electrons. The van der Waals surface area contributed by atoms with Crippen molar-refractivity contribution >= 4 is 12.0 Å². The third kappa shape index (κ3) is 11.2. The minimum absolute atomic E-state index is 0.101. The van der Waals surface area contributed by atoms with Gasteiger partial charge in [-0.05, 0) is 32.8 Å². The summed E-state index contributed by atoms with van der Waals surface area (Å²) in [5.41, 5.74) is 0.533. The molecule has 0 saturated carbocycles. The number of benzene rings is 1. The number of carbonyl (C=O) groups is 2. The van der Waals surface area contributed by atoms with Crippen molar-refractivity contribution in [1.29, 1.82) is 0 Å². The van der Waals surface area contributed by atoms with Crippen LogP contribution >= 0.6 is 0 Å². The van der Waals surface area contributed by atoms with Gasteiger partial charge in [0, 0.05) is 32.7 Å². The number of rotatable bonds is 11.